The Morgan fingerprint density at radius 2 is 2.07 bits per heavy atom. The van der Waals surface area contributed by atoms with E-state index in [9.17, 15) is 9.59 Å². The molecule has 0 spiro atoms. The van der Waals surface area contributed by atoms with Gasteiger partial charge in [0.15, 0.2) is 6.61 Å². The van der Waals surface area contributed by atoms with Crippen LogP contribution in [0.3, 0.4) is 0 Å². The zero-order valence-corrected chi connectivity index (χ0v) is 15.2. The number of fused-ring (bicyclic) bond motifs is 1. The summed E-state index contributed by atoms with van der Waals surface area (Å²) in [5.74, 6) is 0.408. The number of benzene rings is 2. The first-order valence-electron chi connectivity index (χ1n) is 8.22. The monoisotopic (exact) mass is 381 g/mol. The van der Waals surface area contributed by atoms with Gasteiger partial charge in [0.1, 0.15) is 0 Å². The number of carbonyl (C=O) groups is 2. The van der Waals surface area contributed by atoms with Crippen molar-refractivity contribution in [2.24, 2.45) is 0 Å². The van der Waals surface area contributed by atoms with Gasteiger partial charge < -0.3 is 14.6 Å². The van der Waals surface area contributed by atoms with Crippen LogP contribution in [0.2, 0.25) is 0 Å². The van der Waals surface area contributed by atoms with E-state index in [-0.39, 0.29) is 18.3 Å². The minimum Gasteiger partial charge on any atom is -0.454 e. The lowest BCUT2D eigenvalue weighted by atomic mass is 10.1. The summed E-state index contributed by atoms with van der Waals surface area (Å²) in [4.78, 5) is 28.9. The average Bonchev–Trinajstić information content (AvgIpc) is 3.15. The van der Waals surface area contributed by atoms with Gasteiger partial charge in [-0.25, -0.2) is 4.79 Å². The Kier molecular flexibility index (Phi) is 4.64. The molecule has 3 aromatic rings. The van der Waals surface area contributed by atoms with Crippen LogP contribution >= 0.6 is 11.8 Å². The van der Waals surface area contributed by atoms with Crippen molar-refractivity contribution in [1.29, 1.82) is 0 Å². The predicted molar refractivity (Wildman–Crippen MR) is 99.4 cm³/mol. The number of ether oxygens (including phenoxy) is 1. The van der Waals surface area contributed by atoms with Crippen molar-refractivity contribution in [3.63, 3.8) is 0 Å². The average molecular weight is 381 g/mol. The number of carbonyl (C=O) groups excluding carboxylic acids is 2. The summed E-state index contributed by atoms with van der Waals surface area (Å²) in [6.45, 7) is 1.89. The first-order chi connectivity index (χ1) is 13.1. The number of nitrogens with zero attached hydrogens (tertiary/aromatic N) is 2. The van der Waals surface area contributed by atoms with E-state index in [4.69, 9.17) is 9.26 Å². The van der Waals surface area contributed by atoms with Crippen molar-refractivity contribution < 1.29 is 18.8 Å². The number of amides is 1. The summed E-state index contributed by atoms with van der Waals surface area (Å²) in [6, 6.07) is 12.7. The molecule has 136 valence electrons. The van der Waals surface area contributed by atoms with Crippen LogP contribution in [0.5, 0.6) is 0 Å². The number of hydrogen-bond acceptors (Lipinski definition) is 7. The molecule has 0 saturated heterocycles. The molecule has 1 N–H and O–H groups in total. The van der Waals surface area contributed by atoms with Crippen molar-refractivity contribution in [2.45, 2.75) is 18.4 Å². The smallest absolute Gasteiger partial charge is 0.338 e. The molecular formula is C19H15N3O4S. The number of hydrogen-bond donors (Lipinski definition) is 1. The van der Waals surface area contributed by atoms with E-state index in [1.54, 1.807) is 18.2 Å². The van der Waals surface area contributed by atoms with Gasteiger partial charge in [-0.3, -0.25) is 4.79 Å². The number of esters is 1. The number of aryl methyl sites for hydroxylation is 1. The van der Waals surface area contributed by atoms with Gasteiger partial charge in [-0.1, -0.05) is 22.9 Å². The molecule has 0 radical (unpaired) electrons. The maximum absolute atomic E-state index is 12.3. The third-order valence-electron chi connectivity index (χ3n) is 3.95. The third kappa shape index (κ3) is 3.85. The van der Waals surface area contributed by atoms with Crippen LogP contribution in [-0.2, 0) is 16.1 Å². The van der Waals surface area contributed by atoms with E-state index in [0.717, 1.165) is 16.0 Å². The minimum atomic E-state index is -0.524. The molecule has 1 aliphatic rings. The van der Waals surface area contributed by atoms with Gasteiger partial charge in [0.25, 0.3) is 5.89 Å². The summed E-state index contributed by atoms with van der Waals surface area (Å²) in [6.07, 6.45) is 0. The number of anilines is 1. The molecule has 0 aliphatic carbocycles. The lowest BCUT2D eigenvalue weighted by molar-refractivity contribution is -0.113. The summed E-state index contributed by atoms with van der Waals surface area (Å²) in [7, 11) is 0. The second kappa shape index (κ2) is 7.24. The Hall–Kier alpha value is -3.13. The second-order valence-corrected chi connectivity index (χ2v) is 7.02. The quantitative estimate of drug-likeness (QED) is 0.692. The van der Waals surface area contributed by atoms with Crippen LogP contribution in [0.15, 0.2) is 51.9 Å². The standard InChI is InChI=1S/C19H15N3O4S/c1-11-2-4-12(5-3-11)18-21-16(22-26-18)9-25-19(24)13-6-7-15-14(8-13)20-17(23)10-27-15/h2-8H,9-10H2,1H3,(H,20,23). The molecule has 1 aromatic heterocycles. The van der Waals surface area contributed by atoms with E-state index < -0.39 is 5.97 Å². The second-order valence-electron chi connectivity index (χ2n) is 6.01. The Balaban J connectivity index is 1.42. The molecule has 2 aromatic carbocycles. The number of nitrogens with one attached hydrogen (secondary N) is 1. The predicted octanol–water partition coefficient (Wildman–Crippen LogP) is 3.45. The summed E-state index contributed by atoms with van der Waals surface area (Å²) in [5.41, 5.74) is 2.89. The Labute approximate surface area is 159 Å². The Morgan fingerprint density at radius 3 is 2.89 bits per heavy atom. The fourth-order valence-corrected chi connectivity index (χ4v) is 3.34. The van der Waals surface area contributed by atoms with Crippen LogP contribution in [0.4, 0.5) is 5.69 Å². The first kappa shape index (κ1) is 17.3. The van der Waals surface area contributed by atoms with E-state index in [2.05, 4.69) is 15.5 Å². The molecule has 0 unspecified atom stereocenters. The van der Waals surface area contributed by atoms with Gasteiger partial charge in [0.2, 0.25) is 11.7 Å². The van der Waals surface area contributed by atoms with Gasteiger partial charge in [-0.2, -0.15) is 4.98 Å². The molecule has 0 atom stereocenters. The molecule has 2 heterocycles. The van der Waals surface area contributed by atoms with Gasteiger partial charge in [-0.05, 0) is 37.3 Å². The van der Waals surface area contributed by atoms with Crippen molar-refractivity contribution in [3.8, 4) is 11.5 Å². The zero-order chi connectivity index (χ0) is 18.8. The van der Waals surface area contributed by atoms with E-state index >= 15 is 0 Å². The largest absolute Gasteiger partial charge is 0.454 e. The fourth-order valence-electron chi connectivity index (χ4n) is 2.55. The van der Waals surface area contributed by atoms with Crippen LogP contribution < -0.4 is 5.32 Å². The van der Waals surface area contributed by atoms with Crippen LogP contribution in [0.25, 0.3) is 11.5 Å². The van der Waals surface area contributed by atoms with Crippen molar-refractivity contribution >= 4 is 29.3 Å². The van der Waals surface area contributed by atoms with E-state index in [1.165, 1.54) is 11.8 Å². The lowest BCUT2D eigenvalue weighted by Crippen LogP contribution is -2.19. The van der Waals surface area contributed by atoms with Gasteiger partial charge in [-0.15, -0.1) is 11.8 Å². The lowest BCUT2D eigenvalue weighted by Gasteiger charge is -2.16. The molecule has 1 amide bonds. The minimum absolute atomic E-state index is 0.0894. The SMILES string of the molecule is Cc1ccc(-c2nc(COC(=O)c3ccc4c(c3)NC(=O)CS4)no2)cc1. The van der Waals surface area contributed by atoms with Crippen molar-refractivity contribution in [3.05, 3.63) is 59.4 Å². The first-order valence-corrected chi connectivity index (χ1v) is 9.20. The van der Waals surface area contributed by atoms with Gasteiger partial charge in [0.05, 0.1) is 17.0 Å². The van der Waals surface area contributed by atoms with E-state index in [0.29, 0.717) is 22.9 Å². The maximum atomic E-state index is 12.3. The third-order valence-corrected chi connectivity index (χ3v) is 5.02. The topological polar surface area (TPSA) is 94.3 Å². The summed E-state index contributed by atoms with van der Waals surface area (Å²) in [5, 5.41) is 6.58. The highest BCUT2D eigenvalue weighted by Crippen LogP contribution is 2.32. The molecule has 0 bridgehead atoms. The number of thioether (sulfide) groups is 1. The van der Waals surface area contributed by atoms with E-state index in [1.807, 2.05) is 31.2 Å². The zero-order valence-electron chi connectivity index (χ0n) is 14.4. The highest BCUT2D eigenvalue weighted by molar-refractivity contribution is 8.00. The van der Waals surface area contributed by atoms with Crippen LogP contribution in [0.1, 0.15) is 21.7 Å². The number of aromatic nitrogens is 2. The molecule has 0 fully saturated rings. The fraction of sp³-hybridized carbons (Fsp3) is 0.158. The summed E-state index contributed by atoms with van der Waals surface area (Å²) < 4.78 is 10.5. The number of rotatable bonds is 4. The normalized spacial score (nSPS) is 13.0. The molecule has 4 rings (SSSR count). The highest BCUT2D eigenvalue weighted by Gasteiger charge is 2.18. The molecule has 27 heavy (non-hydrogen) atoms. The molecule has 1 aliphatic heterocycles. The molecule has 8 heteroatoms. The summed E-state index contributed by atoms with van der Waals surface area (Å²) >= 11 is 1.43. The van der Waals surface area contributed by atoms with Crippen molar-refractivity contribution in [1.82, 2.24) is 10.1 Å². The van der Waals surface area contributed by atoms with Crippen LogP contribution in [-0.4, -0.2) is 27.8 Å². The van der Waals surface area contributed by atoms with Gasteiger partial charge >= 0.3 is 5.97 Å². The maximum Gasteiger partial charge on any atom is 0.338 e. The molecular weight excluding hydrogens is 366 g/mol. The van der Waals surface area contributed by atoms with Crippen molar-refractivity contribution in [2.75, 3.05) is 11.1 Å². The Bertz CT molecular complexity index is 1010. The molecule has 0 saturated carbocycles. The van der Waals surface area contributed by atoms with Gasteiger partial charge in [0, 0.05) is 10.5 Å². The molecule has 7 nitrogen and oxygen atoms in total. The highest BCUT2D eigenvalue weighted by atomic mass is 32.2. The Morgan fingerprint density at radius 1 is 1.26 bits per heavy atom. The van der Waals surface area contributed by atoms with Crippen LogP contribution in [0, 0.1) is 6.92 Å².